The molecule has 1 amide bonds. The third kappa shape index (κ3) is 4.32. The molecule has 0 aliphatic carbocycles. The first kappa shape index (κ1) is 17.8. The van der Waals surface area contributed by atoms with E-state index >= 15 is 0 Å². The lowest BCUT2D eigenvalue weighted by molar-refractivity contribution is -0.121. The van der Waals surface area contributed by atoms with Gasteiger partial charge >= 0.3 is 0 Å². The molecule has 1 aliphatic rings. The van der Waals surface area contributed by atoms with Crippen LogP contribution in [0, 0.1) is 0 Å². The van der Waals surface area contributed by atoms with E-state index in [0.717, 1.165) is 16.5 Å². The van der Waals surface area contributed by atoms with Gasteiger partial charge in [0.15, 0.2) is 0 Å². The lowest BCUT2D eigenvalue weighted by Gasteiger charge is -2.37. The summed E-state index contributed by atoms with van der Waals surface area (Å²) in [5.41, 5.74) is 0.797. The highest BCUT2D eigenvalue weighted by Gasteiger charge is 2.26. The number of alkyl halides is 2. The first-order valence-electron chi connectivity index (χ1n) is 8.58. The molecule has 3 rings (SSSR count). The second kappa shape index (κ2) is 7.89. The zero-order valence-corrected chi connectivity index (χ0v) is 14.3. The van der Waals surface area contributed by atoms with Crippen LogP contribution in [-0.4, -0.2) is 60.9 Å². The first-order chi connectivity index (χ1) is 12.0. The highest BCUT2D eigenvalue weighted by atomic mass is 19.3. The number of amides is 1. The van der Waals surface area contributed by atoms with E-state index in [4.69, 9.17) is 0 Å². The summed E-state index contributed by atoms with van der Waals surface area (Å²) in [4.78, 5) is 16.4. The topological polar surface area (TPSA) is 35.6 Å². The number of rotatable bonds is 5. The normalized spacial score (nSPS) is 17.8. The highest BCUT2D eigenvalue weighted by Crippen LogP contribution is 2.23. The lowest BCUT2D eigenvalue weighted by atomic mass is 10.1. The van der Waals surface area contributed by atoms with E-state index in [0.29, 0.717) is 26.2 Å². The summed E-state index contributed by atoms with van der Waals surface area (Å²) in [6.07, 6.45) is -2.31. The van der Waals surface area contributed by atoms with Gasteiger partial charge < -0.3 is 5.32 Å². The number of carbonyl (C=O) groups is 1. The van der Waals surface area contributed by atoms with Crippen LogP contribution in [0.2, 0.25) is 0 Å². The summed E-state index contributed by atoms with van der Waals surface area (Å²) in [7, 11) is 0. The minimum absolute atomic E-state index is 0.0707. The molecule has 2 aromatic carbocycles. The number of nitrogens with zero attached hydrogens (tertiary/aromatic N) is 2. The Labute approximate surface area is 146 Å². The number of piperazine rings is 1. The molecule has 1 aliphatic heterocycles. The maximum atomic E-state index is 12.6. The number of carbonyl (C=O) groups excluding carboxylic acids is 1. The van der Waals surface area contributed by atoms with E-state index in [1.807, 2.05) is 54.3 Å². The van der Waals surface area contributed by atoms with Gasteiger partial charge in [-0.15, -0.1) is 0 Å². The average molecular weight is 347 g/mol. The Balaban J connectivity index is 1.61. The Hall–Kier alpha value is -2.05. The van der Waals surface area contributed by atoms with Crippen LogP contribution in [0.4, 0.5) is 14.5 Å². The molecule has 0 aromatic heterocycles. The van der Waals surface area contributed by atoms with Crippen molar-refractivity contribution >= 4 is 22.4 Å². The van der Waals surface area contributed by atoms with Crippen molar-refractivity contribution in [3.63, 3.8) is 0 Å². The molecular weight excluding hydrogens is 324 g/mol. The average Bonchev–Trinajstić information content (AvgIpc) is 2.61. The van der Waals surface area contributed by atoms with Gasteiger partial charge in [0.25, 0.3) is 6.43 Å². The maximum absolute atomic E-state index is 12.6. The molecule has 2 aromatic rings. The molecule has 1 N–H and O–H groups in total. The highest BCUT2D eigenvalue weighted by molar-refractivity contribution is 6.03. The van der Waals surface area contributed by atoms with Crippen LogP contribution in [0.25, 0.3) is 10.8 Å². The molecule has 0 spiro atoms. The molecular formula is C19H23F2N3O. The number of nitrogens with one attached hydrogen (secondary N) is 1. The lowest BCUT2D eigenvalue weighted by Crippen LogP contribution is -2.53. The van der Waals surface area contributed by atoms with E-state index in [-0.39, 0.29) is 18.5 Å². The summed E-state index contributed by atoms with van der Waals surface area (Å²) in [6.45, 7) is 4.05. The molecule has 25 heavy (non-hydrogen) atoms. The van der Waals surface area contributed by atoms with Gasteiger partial charge in [-0.05, 0) is 18.4 Å². The standard InChI is InChI=1S/C19H23F2N3O/c1-14(24-11-9-23(10-12-24)13-18(20)21)19(25)22-17-8-4-6-15-5-2-3-7-16(15)17/h2-8,14,18H,9-13H2,1H3,(H,22,25)/t14-/m0/s1. The van der Waals surface area contributed by atoms with Crippen LogP contribution in [-0.2, 0) is 4.79 Å². The van der Waals surface area contributed by atoms with E-state index in [2.05, 4.69) is 5.32 Å². The number of hydrogen-bond donors (Lipinski definition) is 1. The Bertz CT molecular complexity index is 724. The van der Waals surface area contributed by atoms with Crippen molar-refractivity contribution in [2.45, 2.75) is 19.4 Å². The molecule has 0 radical (unpaired) electrons. The number of halogens is 2. The van der Waals surface area contributed by atoms with Crippen LogP contribution >= 0.6 is 0 Å². The van der Waals surface area contributed by atoms with Gasteiger partial charge in [-0.3, -0.25) is 14.6 Å². The molecule has 1 saturated heterocycles. The molecule has 0 saturated carbocycles. The maximum Gasteiger partial charge on any atom is 0.251 e. The predicted octanol–water partition coefficient (Wildman–Crippen LogP) is 3.05. The number of benzene rings is 2. The van der Waals surface area contributed by atoms with Gasteiger partial charge in [0.05, 0.1) is 12.6 Å². The van der Waals surface area contributed by atoms with Crippen LogP contribution in [0.3, 0.4) is 0 Å². The third-order valence-electron chi connectivity index (χ3n) is 4.78. The zero-order chi connectivity index (χ0) is 17.8. The molecule has 1 atom stereocenters. The van der Waals surface area contributed by atoms with E-state index < -0.39 is 6.43 Å². The Kier molecular flexibility index (Phi) is 5.60. The van der Waals surface area contributed by atoms with Crippen LogP contribution in [0.15, 0.2) is 42.5 Å². The number of hydrogen-bond acceptors (Lipinski definition) is 3. The third-order valence-corrected chi connectivity index (χ3v) is 4.78. The molecule has 0 bridgehead atoms. The first-order valence-corrected chi connectivity index (χ1v) is 8.58. The summed E-state index contributed by atoms with van der Waals surface area (Å²) in [5, 5.41) is 5.10. The fraction of sp³-hybridized carbons (Fsp3) is 0.421. The monoisotopic (exact) mass is 347 g/mol. The Morgan fingerprint density at radius 1 is 1.08 bits per heavy atom. The van der Waals surface area contributed by atoms with Crippen molar-refractivity contribution in [3.05, 3.63) is 42.5 Å². The number of fused-ring (bicyclic) bond motifs is 1. The van der Waals surface area contributed by atoms with Crippen molar-refractivity contribution < 1.29 is 13.6 Å². The van der Waals surface area contributed by atoms with Crippen molar-refractivity contribution in [3.8, 4) is 0 Å². The molecule has 0 unspecified atom stereocenters. The van der Waals surface area contributed by atoms with Gasteiger partial charge in [0.1, 0.15) is 0 Å². The predicted molar refractivity (Wildman–Crippen MR) is 96.1 cm³/mol. The summed E-state index contributed by atoms with van der Waals surface area (Å²) in [6, 6.07) is 13.4. The minimum Gasteiger partial charge on any atom is -0.324 e. The Morgan fingerprint density at radius 2 is 1.76 bits per heavy atom. The fourth-order valence-electron chi connectivity index (χ4n) is 3.27. The SMILES string of the molecule is C[C@@H](C(=O)Nc1cccc2ccccc12)N1CCN(CC(F)F)CC1. The van der Waals surface area contributed by atoms with Gasteiger partial charge in [-0.2, -0.15) is 0 Å². The van der Waals surface area contributed by atoms with Crippen molar-refractivity contribution in [1.82, 2.24) is 9.80 Å². The van der Waals surface area contributed by atoms with Crippen molar-refractivity contribution in [1.29, 1.82) is 0 Å². The summed E-state index contributed by atoms with van der Waals surface area (Å²) in [5.74, 6) is -0.0707. The molecule has 1 fully saturated rings. The van der Waals surface area contributed by atoms with Gasteiger partial charge in [0.2, 0.25) is 5.91 Å². The van der Waals surface area contributed by atoms with E-state index in [9.17, 15) is 13.6 Å². The Morgan fingerprint density at radius 3 is 2.48 bits per heavy atom. The zero-order valence-electron chi connectivity index (χ0n) is 14.3. The molecule has 6 heteroatoms. The van der Waals surface area contributed by atoms with Gasteiger partial charge in [-0.25, -0.2) is 8.78 Å². The number of anilines is 1. The van der Waals surface area contributed by atoms with E-state index in [1.165, 1.54) is 0 Å². The summed E-state index contributed by atoms with van der Waals surface area (Å²) < 4.78 is 24.9. The van der Waals surface area contributed by atoms with Crippen LogP contribution < -0.4 is 5.32 Å². The molecule has 134 valence electrons. The van der Waals surface area contributed by atoms with Crippen LogP contribution in [0.5, 0.6) is 0 Å². The second-order valence-electron chi connectivity index (χ2n) is 6.42. The smallest absolute Gasteiger partial charge is 0.251 e. The molecule has 4 nitrogen and oxygen atoms in total. The molecule has 1 heterocycles. The quantitative estimate of drug-likeness (QED) is 0.903. The van der Waals surface area contributed by atoms with Gasteiger partial charge in [0, 0.05) is 37.3 Å². The largest absolute Gasteiger partial charge is 0.324 e. The van der Waals surface area contributed by atoms with Crippen molar-refractivity contribution in [2.24, 2.45) is 0 Å². The second-order valence-corrected chi connectivity index (χ2v) is 6.42. The fourth-order valence-corrected chi connectivity index (χ4v) is 3.27. The van der Waals surface area contributed by atoms with E-state index in [1.54, 1.807) is 4.90 Å². The summed E-state index contributed by atoms with van der Waals surface area (Å²) >= 11 is 0. The van der Waals surface area contributed by atoms with Crippen LogP contribution in [0.1, 0.15) is 6.92 Å². The van der Waals surface area contributed by atoms with Gasteiger partial charge in [-0.1, -0.05) is 36.4 Å². The van der Waals surface area contributed by atoms with Crippen molar-refractivity contribution in [2.75, 3.05) is 38.0 Å². The minimum atomic E-state index is -2.31.